The van der Waals surface area contributed by atoms with Gasteiger partial charge in [-0.1, -0.05) is 44.2 Å². The molecule has 0 radical (unpaired) electrons. The molecule has 2 aliphatic rings. The van der Waals surface area contributed by atoms with Crippen molar-refractivity contribution in [2.75, 3.05) is 13.7 Å². The van der Waals surface area contributed by atoms with Crippen LogP contribution in [0.3, 0.4) is 0 Å². The maximum absolute atomic E-state index is 13.3. The molecule has 1 aromatic heterocycles. The van der Waals surface area contributed by atoms with Crippen LogP contribution in [0.4, 0.5) is 0 Å². The Labute approximate surface area is 212 Å². The monoisotopic (exact) mass is 495 g/mol. The molecule has 1 aromatic carbocycles. The fourth-order valence-corrected chi connectivity index (χ4v) is 5.01. The molecule has 194 valence electrons. The third-order valence-electron chi connectivity index (χ3n) is 7.03. The van der Waals surface area contributed by atoms with Crippen LogP contribution in [0.2, 0.25) is 0 Å². The molecule has 4 rings (SSSR count). The van der Waals surface area contributed by atoms with Gasteiger partial charge in [-0.15, -0.1) is 0 Å². The van der Waals surface area contributed by atoms with E-state index in [1.165, 1.54) is 25.5 Å². The summed E-state index contributed by atoms with van der Waals surface area (Å²) in [7, 11) is 1.58. The first-order chi connectivity index (χ1) is 17.5. The maximum atomic E-state index is 13.3. The Morgan fingerprint density at radius 1 is 1.00 bits per heavy atom. The highest BCUT2D eigenvalue weighted by Gasteiger charge is 2.23. The highest BCUT2D eigenvalue weighted by Crippen LogP contribution is 2.18. The molecule has 1 aliphatic heterocycles. The molecule has 8 heteroatoms. The minimum absolute atomic E-state index is 0.00159. The van der Waals surface area contributed by atoms with Gasteiger partial charge in [0.1, 0.15) is 16.9 Å². The number of methoxy groups -OCH3 is 1. The van der Waals surface area contributed by atoms with Crippen LogP contribution >= 0.6 is 0 Å². The third kappa shape index (κ3) is 6.97. The smallest absolute Gasteiger partial charge is 0.257 e. The summed E-state index contributed by atoms with van der Waals surface area (Å²) in [6.07, 6.45) is 12.5. The van der Waals surface area contributed by atoms with E-state index in [1.54, 1.807) is 17.9 Å². The van der Waals surface area contributed by atoms with Crippen LogP contribution in [0, 0.1) is 0 Å². The quantitative estimate of drug-likeness (QED) is 0.580. The molecule has 8 nitrogen and oxygen atoms in total. The van der Waals surface area contributed by atoms with Gasteiger partial charge in [-0.3, -0.25) is 14.4 Å². The van der Waals surface area contributed by atoms with Crippen LogP contribution in [-0.2, 0) is 17.8 Å². The summed E-state index contributed by atoms with van der Waals surface area (Å²) in [6.45, 7) is 1.42. The number of ether oxygens (including phenoxy) is 2. The van der Waals surface area contributed by atoms with Crippen LogP contribution in [0.1, 0.15) is 84.1 Å². The molecule has 0 unspecified atom stereocenters. The van der Waals surface area contributed by atoms with Crippen molar-refractivity contribution in [2.45, 2.75) is 83.0 Å². The van der Waals surface area contributed by atoms with Gasteiger partial charge in [0.05, 0.1) is 13.2 Å². The van der Waals surface area contributed by atoms with E-state index in [4.69, 9.17) is 9.47 Å². The van der Waals surface area contributed by atoms with Gasteiger partial charge in [-0.2, -0.15) is 0 Å². The summed E-state index contributed by atoms with van der Waals surface area (Å²) in [5, 5.41) is 5.89. The van der Waals surface area contributed by atoms with Gasteiger partial charge >= 0.3 is 0 Å². The summed E-state index contributed by atoms with van der Waals surface area (Å²) >= 11 is 0. The summed E-state index contributed by atoms with van der Waals surface area (Å²) in [6, 6.07) is 7.42. The van der Waals surface area contributed by atoms with Gasteiger partial charge in [0.15, 0.2) is 0 Å². The Bertz CT molecular complexity index is 1100. The fourth-order valence-electron chi connectivity index (χ4n) is 5.01. The Morgan fingerprint density at radius 3 is 2.42 bits per heavy atom. The Hall–Kier alpha value is -3.13. The zero-order valence-corrected chi connectivity index (χ0v) is 21.1. The SMILES string of the molecule is COc1cccc(CNC(=O)c2cn(C[C@@H]3CCCO3)cc(C(=O)NC3CCCCCCC3)c2=O)c1. The van der Waals surface area contributed by atoms with Crippen molar-refractivity contribution < 1.29 is 19.1 Å². The first-order valence-corrected chi connectivity index (χ1v) is 13.1. The van der Waals surface area contributed by atoms with Crippen molar-refractivity contribution in [2.24, 2.45) is 0 Å². The molecule has 2 amide bonds. The van der Waals surface area contributed by atoms with E-state index < -0.39 is 17.2 Å². The lowest BCUT2D eigenvalue weighted by Crippen LogP contribution is -2.40. The van der Waals surface area contributed by atoms with Gasteiger partial charge in [0, 0.05) is 38.1 Å². The van der Waals surface area contributed by atoms with Gasteiger partial charge in [0.2, 0.25) is 5.43 Å². The second-order valence-corrected chi connectivity index (χ2v) is 9.80. The number of carbonyl (C=O) groups excluding carboxylic acids is 2. The minimum Gasteiger partial charge on any atom is -0.497 e. The predicted molar refractivity (Wildman–Crippen MR) is 137 cm³/mol. The zero-order valence-electron chi connectivity index (χ0n) is 21.1. The number of hydrogen-bond acceptors (Lipinski definition) is 5. The molecular weight excluding hydrogens is 458 g/mol. The maximum Gasteiger partial charge on any atom is 0.257 e. The molecule has 2 heterocycles. The van der Waals surface area contributed by atoms with Crippen molar-refractivity contribution in [3.05, 3.63) is 63.6 Å². The molecule has 0 bridgehead atoms. The number of carbonyl (C=O) groups is 2. The van der Waals surface area contributed by atoms with Crippen molar-refractivity contribution in [3.63, 3.8) is 0 Å². The van der Waals surface area contributed by atoms with Crippen molar-refractivity contribution in [1.29, 1.82) is 0 Å². The summed E-state index contributed by atoms with van der Waals surface area (Å²) in [5.41, 5.74) is 0.260. The molecule has 1 atom stereocenters. The molecule has 36 heavy (non-hydrogen) atoms. The minimum atomic E-state index is -0.551. The lowest BCUT2D eigenvalue weighted by molar-refractivity contribution is 0.0914. The Balaban J connectivity index is 1.55. The van der Waals surface area contributed by atoms with Gasteiger partial charge in [-0.05, 0) is 43.4 Å². The summed E-state index contributed by atoms with van der Waals surface area (Å²) in [4.78, 5) is 39.7. The average molecular weight is 496 g/mol. The highest BCUT2D eigenvalue weighted by molar-refractivity contribution is 5.99. The van der Waals surface area contributed by atoms with E-state index in [-0.39, 0.29) is 29.8 Å². The van der Waals surface area contributed by atoms with Gasteiger partial charge in [-0.25, -0.2) is 0 Å². The second-order valence-electron chi connectivity index (χ2n) is 9.80. The van der Waals surface area contributed by atoms with E-state index in [9.17, 15) is 14.4 Å². The lowest BCUT2D eigenvalue weighted by Gasteiger charge is -2.21. The van der Waals surface area contributed by atoms with Crippen LogP contribution in [-0.4, -0.2) is 42.2 Å². The number of benzene rings is 1. The number of amides is 2. The van der Waals surface area contributed by atoms with E-state index in [0.717, 1.165) is 44.1 Å². The highest BCUT2D eigenvalue weighted by atomic mass is 16.5. The topological polar surface area (TPSA) is 98.7 Å². The number of nitrogens with one attached hydrogen (secondary N) is 2. The molecule has 0 spiro atoms. The number of hydrogen-bond donors (Lipinski definition) is 2. The standard InChI is InChI=1S/C28H37N3O5/c1-35-22-12-7-9-20(15-22)16-29-27(33)24-18-31(17-23-13-8-14-36-23)19-25(26(24)32)28(34)30-21-10-5-3-2-4-6-11-21/h7,9,12,15,18-19,21,23H,2-6,8,10-11,13-14,16-17H2,1H3,(H,29,33)(H,30,34)/t23-/m0/s1. The molecule has 1 saturated carbocycles. The molecule has 2 fully saturated rings. The van der Waals surface area contributed by atoms with Gasteiger partial charge in [0.25, 0.3) is 11.8 Å². The molecule has 2 N–H and O–H groups in total. The number of aromatic nitrogens is 1. The second kappa shape index (κ2) is 12.7. The number of nitrogens with zero attached hydrogens (tertiary/aromatic N) is 1. The summed E-state index contributed by atoms with van der Waals surface area (Å²) in [5.74, 6) is -0.229. The molecule has 1 saturated heterocycles. The van der Waals surface area contributed by atoms with Crippen LogP contribution in [0.25, 0.3) is 0 Å². The first kappa shape index (κ1) is 25.9. The van der Waals surface area contributed by atoms with Crippen molar-refractivity contribution in [1.82, 2.24) is 15.2 Å². The third-order valence-corrected chi connectivity index (χ3v) is 7.03. The normalized spacial score (nSPS) is 18.8. The van der Waals surface area contributed by atoms with E-state index in [2.05, 4.69) is 10.6 Å². The van der Waals surface area contributed by atoms with E-state index in [1.807, 2.05) is 24.3 Å². The van der Waals surface area contributed by atoms with Crippen molar-refractivity contribution in [3.8, 4) is 5.75 Å². The largest absolute Gasteiger partial charge is 0.497 e. The van der Waals surface area contributed by atoms with Crippen LogP contribution in [0.15, 0.2) is 41.5 Å². The Kier molecular flexibility index (Phi) is 9.17. The predicted octanol–water partition coefficient (Wildman–Crippen LogP) is 3.81. The van der Waals surface area contributed by atoms with Crippen LogP contribution in [0.5, 0.6) is 5.75 Å². The molecular formula is C28H37N3O5. The molecule has 2 aromatic rings. The zero-order chi connectivity index (χ0) is 25.3. The lowest BCUT2D eigenvalue weighted by atomic mass is 9.96. The Morgan fingerprint density at radius 2 is 1.72 bits per heavy atom. The van der Waals surface area contributed by atoms with Crippen LogP contribution < -0.4 is 20.8 Å². The fraction of sp³-hybridized carbons (Fsp3) is 0.536. The summed E-state index contributed by atoms with van der Waals surface area (Å²) < 4.78 is 12.7. The van der Waals surface area contributed by atoms with Crippen molar-refractivity contribution >= 4 is 11.8 Å². The average Bonchev–Trinajstić information content (AvgIpc) is 3.38. The van der Waals surface area contributed by atoms with E-state index in [0.29, 0.717) is 18.9 Å². The van der Waals surface area contributed by atoms with Gasteiger partial charge < -0.3 is 24.7 Å². The number of pyridine rings is 1. The molecule has 1 aliphatic carbocycles. The van der Waals surface area contributed by atoms with E-state index >= 15 is 0 Å². The number of rotatable bonds is 8. The first-order valence-electron chi connectivity index (χ1n) is 13.1.